The highest BCUT2D eigenvalue weighted by molar-refractivity contribution is 5.40. The van der Waals surface area contributed by atoms with E-state index in [0.29, 0.717) is 0 Å². The molecule has 0 saturated heterocycles. The molecule has 0 amide bonds. The number of nitrogens with zero attached hydrogens (tertiary/aromatic N) is 2. The molecule has 2 aromatic rings. The number of rotatable bonds is 4. The number of nitrogens with one attached hydrogen (secondary N) is 1. The van der Waals surface area contributed by atoms with Crippen LogP contribution in [0.25, 0.3) is 0 Å². The minimum Gasteiger partial charge on any atom is -0.340 e. The quantitative estimate of drug-likeness (QED) is 0.912. The predicted octanol–water partition coefficient (Wildman–Crippen LogP) is 3.04. The lowest BCUT2D eigenvalue weighted by Gasteiger charge is -2.20. The Morgan fingerprint density at radius 2 is 1.84 bits per heavy atom. The molecule has 0 radical (unpaired) electrons. The Morgan fingerprint density at radius 3 is 2.42 bits per heavy atom. The molecule has 19 heavy (non-hydrogen) atoms. The summed E-state index contributed by atoms with van der Waals surface area (Å²) in [7, 11) is 2.01. The van der Waals surface area contributed by atoms with Crippen LogP contribution in [0.15, 0.2) is 24.7 Å². The molecule has 1 aromatic heterocycles. The second-order valence-electron chi connectivity index (χ2n) is 5.25. The first-order chi connectivity index (χ1) is 9.02. The fourth-order valence-electron chi connectivity index (χ4n) is 2.45. The van der Waals surface area contributed by atoms with Crippen LogP contribution in [-0.4, -0.2) is 16.1 Å². The first kappa shape index (κ1) is 13.8. The van der Waals surface area contributed by atoms with Crippen molar-refractivity contribution in [3.8, 4) is 0 Å². The van der Waals surface area contributed by atoms with Crippen molar-refractivity contribution in [3.05, 3.63) is 52.6 Å². The van der Waals surface area contributed by atoms with Gasteiger partial charge in [-0.25, -0.2) is 4.98 Å². The van der Waals surface area contributed by atoms with Crippen molar-refractivity contribution in [2.75, 3.05) is 6.54 Å². The Kier molecular flexibility index (Phi) is 4.05. The summed E-state index contributed by atoms with van der Waals surface area (Å²) in [6.45, 7) is 9.56. The highest BCUT2D eigenvalue weighted by Gasteiger charge is 2.18. The van der Waals surface area contributed by atoms with Crippen LogP contribution in [0.5, 0.6) is 0 Å². The van der Waals surface area contributed by atoms with Gasteiger partial charge in [0.1, 0.15) is 0 Å². The summed E-state index contributed by atoms with van der Waals surface area (Å²) in [4.78, 5) is 4.50. The first-order valence-corrected chi connectivity index (χ1v) is 6.82. The maximum atomic E-state index is 4.50. The summed E-state index contributed by atoms with van der Waals surface area (Å²) >= 11 is 0. The molecule has 1 N–H and O–H groups in total. The van der Waals surface area contributed by atoms with Crippen molar-refractivity contribution in [2.45, 2.75) is 33.7 Å². The van der Waals surface area contributed by atoms with Gasteiger partial charge in [-0.15, -0.1) is 0 Å². The van der Waals surface area contributed by atoms with Gasteiger partial charge in [-0.1, -0.05) is 19.1 Å². The van der Waals surface area contributed by atoms with Gasteiger partial charge in [0.2, 0.25) is 0 Å². The van der Waals surface area contributed by atoms with E-state index >= 15 is 0 Å². The van der Waals surface area contributed by atoms with Crippen LogP contribution in [0.2, 0.25) is 0 Å². The van der Waals surface area contributed by atoms with Gasteiger partial charge in [0.15, 0.2) is 0 Å². The van der Waals surface area contributed by atoms with E-state index in [-0.39, 0.29) is 6.04 Å². The molecular formula is C16H23N3. The first-order valence-electron chi connectivity index (χ1n) is 6.82. The largest absolute Gasteiger partial charge is 0.340 e. The number of aromatic nitrogens is 2. The lowest BCUT2D eigenvalue weighted by atomic mass is 9.94. The summed E-state index contributed by atoms with van der Waals surface area (Å²) < 4.78 is 2.00. The van der Waals surface area contributed by atoms with Gasteiger partial charge in [-0.3, -0.25) is 0 Å². The van der Waals surface area contributed by atoms with E-state index in [1.54, 1.807) is 0 Å². The molecule has 0 aliphatic carbocycles. The van der Waals surface area contributed by atoms with Crippen molar-refractivity contribution in [1.82, 2.24) is 14.9 Å². The van der Waals surface area contributed by atoms with E-state index in [4.69, 9.17) is 0 Å². The standard InChI is InChI=1S/C16H23N3/c1-6-17-16(15-9-19(5)10-18-15)14-8-12(3)11(2)7-13(14)4/h7-10,16-17H,6H2,1-5H3. The monoisotopic (exact) mass is 257 g/mol. The summed E-state index contributed by atoms with van der Waals surface area (Å²) in [6.07, 6.45) is 3.94. The molecule has 1 unspecified atom stereocenters. The third kappa shape index (κ3) is 2.87. The van der Waals surface area contributed by atoms with Crippen LogP contribution in [0.1, 0.15) is 40.9 Å². The molecule has 2 rings (SSSR count). The molecule has 102 valence electrons. The summed E-state index contributed by atoms with van der Waals surface area (Å²) in [5.41, 5.74) is 6.40. The van der Waals surface area contributed by atoms with E-state index in [9.17, 15) is 0 Å². The third-order valence-electron chi connectivity index (χ3n) is 3.62. The molecule has 1 heterocycles. The van der Waals surface area contributed by atoms with Gasteiger partial charge in [0.05, 0.1) is 18.1 Å². The third-order valence-corrected chi connectivity index (χ3v) is 3.62. The van der Waals surface area contributed by atoms with E-state index in [2.05, 4.69) is 56.3 Å². The van der Waals surface area contributed by atoms with E-state index in [1.165, 1.54) is 22.3 Å². The van der Waals surface area contributed by atoms with E-state index < -0.39 is 0 Å². The average molecular weight is 257 g/mol. The van der Waals surface area contributed by atoms with Crippen LogP contribution >= 0.6 is 0 Å². The molecule has 0 bridgehead atoms. The summed E-state index contributed by atoms with van der Waals surface area (Å²) in [5, 5.41) is 3.54. The zero-order valence-corrected chi connectivity index (χ0v) is 12.5. The molecule has 0 spiro atoms. The molecule has 0 fully saturated rings. The second kappa shape index (κ2) is 5.57. The fraction of sp³-hybridized carbons (Fsp3) is 0.438. The van der Waals surface area contributed by atoms with Crippen molar-refractivity contribution in [3.63, 3.8) is 0 Å². The van der Waals surface area contributed by atoms with Crippen LogP contribution in [0.3, 0.4) is 0 Å². The minimum absolute atomic E-state index is 0.172. The lowest BCUT2D eigenvalue weighted by Crippen LogP contribution is -2.23. The highest BCUT2D eigenvalue weighted by atomic mass is 15.0. The molecule has 0 aliphatic rings. The zero-order valence-electron chi connectivity index (χ0n) is 12.5. The van der Waals surface area contributed by atoms with Gasteiger partial charge < -0.3 is 9.88 Å². The van der Waals surface area contributed by atoms with Crippen molar-refractivity contribution < 1.29 is 0 Å². The van der Waals surface area contributed by atoms with E-state index in [0.717, 1.165) is 12.2 Å². The van der Waals surface area contributed by atoms with Crippen LogP contribution in [-0.2, 0) is 7.05 Å². The van der Waals surface area contributed by atoms with Gasteiger partial charge in [-0.05, 0) is 49.6 Å². The van der Waals surface area contributed by atoms with Crippen LogP contribution in [0, 0.1) is 20.8 Å². The van der Waals surface area contributed by atoms with E-state index in [1.807, 2.05) is 17.9 Å². The molecular weight excluding hydrogens is 234 g/mol. The van der Waals surface area contributed by atoms with Crippen molar-refractivity contribution in [2.24, 2.45) is 7.05 Å². The number of imidazole rings is 1. The number of aryl methyl sites for hydroxylation is 4. The number of hydrogen-bond donors (Lipinski definition) is 1. The fourth-order valence-corrected chi connectivity index (χ4v) is 2.45. The minimum atomic E-state index is 0.172. The average Bonchev–Trinajstić information content (AvgIpc) is 2.78. The second-order valence-corrected chi connectivity index (χ2v) is 5.25. The Labute approximate surface area is 115 Å². The summed E-state index contributed by atoms with van der Waals surface area (Å²) in [5.74, 6) is 0. The maximum absolute atomic E-state index is 4.50. The summed E-state index contributed by atoms with van der Waals surface area (Å²) in [6, 6.07) is 4.72. The number of benzene rings is 1. The zero-order chi connectivity index (χ0) is 14.0. The normalized spacial score (nSPS) is 12.7. The van der Waals surface area contributed by atoms with Gasteiger partial charge >= 0.3 is 0 Å². The lowest BCUT2D eigenvalue weighted by molar-refractivity contribution is 0.614. The molecule has 0 saturated carbocycles. The Hall–Kier alpha value is -1.61. The molecule has 3 nitrogen and oxygen atoms in total. The Balaban J connectivity index is 2.47. The Morgan fingerprint density at radius 1 is 1.16 bits per heavy atom. The smallest absolute Gasteiger partial charge is 0.0947 e. The number of hydrogen-bond acceptors (Lipinski definition) is 2. The van der Waals surface area contributed by atoms with Gasteiger partial charge in [0, 0.05) is 13.2 Å². The molecule has 3 heteroatoms. The van der Waals surface area contributed by atoms with Crippen molar-refractivity contribution >= 4 is 0 Å². The maximum Gasteiger partial charge on any atom is 0.0947 e. The highest BCUT2D eigenvalue weighted by Crippen LogP contribution is 2.26. The van der Waals surface area contributed by atoms with Crippen LogP contribution in [0.4, 0.5) is 0 Å². The van der Waals surface area contributed by atoms with Gasteiger partial charge in [-0.2, -0.15) is 0 Å². The topological polar surface area (TPSA) is 29.9 Å². The molecule has 1 aromatic carbocycles. The van der Waals surface area contributed by atoms with Crippen molar-refractivity contribution in [1.29, 1.82) is 0 Å². The van der Waals surface area contributed by atoms with Gasteiger partial charge in [0.25, 0.3) is 0 Å². The predicted molar refractivity (Wildman–Crippen MR) is 79.4 cm³/mol. The van der Waals surface area contributed by atoms with Crippen LogP contribution < -0.4 is 5.32 Å². The SMILES string of the molecule is CCNC(c1cn(C)cn1)c1cc(C)c(C)cc1C. The molecule has 1 atom stereocenters. The Bertz CT molecular complexity index is 569. The molecule has 0 aliphatic heterocycles.